The van der Waals surface area contributed by atoms with E-state index in [1.807, 2.05) is 18.2 Å². The summed E-state index contributed by atoms with van der Waals surface area (Å²) in [6, 6.07) is 5.24. The first kappa shape index (κ1) is 14.6. The summed E-state index contributed by atoms with van der Waals surface area (Å²) in [6.45, 7) is 6.83. The Kier molecular flexibility index (Phi) is 5.23. The molecule has 3 nitrogen and oxygen atoms in total. The number of aromatic hydroxyl groups is 1. The Morgan fingerprint density at radius 1 is 1.33 bits per heavy atom. The molecule has 1 aromatic carbocycles. The zero-order valence-electron chi connectivity index (χ0n) is 11.6. The van der Waals surface area contributed by atoms with Crippen molar-refractivity contribution in [3.8, 4) is 11.5 Å². The van der Waals surface area contributed by atoms with Crippen LogP contribution in [0.2, 0.25) is 0 Å². The molecule has 0 aliphatic heterocycles. The minimum Gasteiger partial charge on any atom is -0.504 e. The van der Waals surface area contributed by atoms with Crippen LogP contribution in [0.15, 0.2) is 24.3 Å². The monoisotopic (exact) mass is 250 g/mol. The zero-order valence-corrected chi connectivity index (χ0v) is 11.6. The minimum absolute atomic E-state index is 0.0863. The summed E-state index contributed by atoms with van der Waals surface area (Å²) < 4.78 is 10.8. The first-order valence-corrected chi connectivity index (χ1v) is 6.16. The number of hydrogen-bond acceptors (Lipinski definition) is 3. The largest absolute Gasteiger partial charge is 0.504 e. The predicted molar refractivity (Wildman–Crippen MR) is 74.0 cm³/mol. The van der Waals surface area contributed by atoms with Gasteiger partial charge in [-0.1, -0.05) is 25.1 Å². The lowest BCUT2D eigenvalue weighted by Gasteiger charge is -2.22. The fraction of sp³-hybridized carbons (Fsp3) is 0.467. The first-order valence-electron chi connectivity index (χ1n) is 6.16. The van der Waals surface area contributed by atoms with Gasteiger partial charge in [-0.05, 0) is 38.0 Å². The van der Waals surface area contributed by atoms with Crippen LogP contribution in [0.3, 0.4) is 0 Å². The first-order chi connectivity index (χ1) is 8.48. The number of phenolic OH excluding ortho intramolecular Hbond substituents is 1. The maximum absolute atomic E-state index is 9.47. The van der Waals surface area contributed by atoms with Gasteiger partial charge in [-0.3, -0.25) is 0 Å². The molecule has 0 saturated heterocycles. The molecular weight excluding hydrogens is 228 g/mol. The quantitative estimate of drug-likeness (QED) is 0.838. The molecule has 0 bridgehead atoms. The average Bonchev–Trinajstić information content (AvgIpc) is 2.36. The Hall–Kier alpha value is -1.48. The number of methoxy groups -OCH3 is 1. The summed E-state index contributed by atoms with van der Waals surface area (Å²) in [7, 11) is 1.54. The second-order valence-corrected chi connectivity index (χ2v) is 4.76. The summed E-state index contributed by atoms with van der Waals surface area (Å²) in [5, 5.41) is 9.47. The third kappa shape index (κ3) is 4.41. The van der Waals surface area contributed by atoms with E-state index in [0.29, 0.717) is 12.4 Å². The van der Waals surface area contributed by atoms with Crippen molar-refractivity contribution in [1.82, 2.24) is 0 Å². The van der Waals surface area contributed by atoms with Gasteiger partial charge in [-0.2, -0.15) is 0 Å². The van der Waals surface area contributed by atoms with Crippen molar-refractivity contribution >= 4 is 6.08 Å². The Bertz CT molecular complexity index is 408. The maximum atomic E-state index is 9.47. The van der Waals surface area contributed by atoms with Crippen molar-refractivity contribution in [1.29, 1.82) is 0 Å². The Morgan fingerprint density at radius 2 is 2.06 bits per heavy atom. The van der Waals surface area contributed by atoms with E-state index in [1.165, 1.54) is 7.11 Å². The number of ether oxygens (including phenoxy) is 2. The Balaban J connectivity index is 2.57. The smallest absolute Gasteiger partial charge is 0.161 e. The van der Waals surface area contributed by atoms with Crippen molar-refractivity contribution < 1.29 is 14.6 Å². The van der Waals surface area contributed by atoms with Gasteiger partial charge < -0.3 is 14.6 Å². The van der Waals surface area contributed by atoms with Crippen LogP contribution >= 0.6 is 0 Å². The lowest BCUT2D eigenvalue weighted by atomic mass is 10.1. The number of hydrogen-bond donors (Lipinski definition) is 1. The molecule has 0 aromatic heterocycles. The fourth-order valence-corrected chi connectivity index (χ4v) is 1.36. The molecule has 0 heterocycles. The van der Waals surface area contributed by atoms with Crippen molar-refractivity contribution in [3.05, 3.63) is 29.8 Å². The van der Waals surface area contributed by atoms with Crippen molar-refractivity contribution in [3.63, 3.8) is 0 Å². The Morgan fingerprint density at radius 3 is 2.67 bits per heavy atom. The van der Waals surface area contributed by atoms with Crippen LogP contribution < -0.4 is 4.74 Å². The van der Waals surface area contributed by atoms with Crippen molar-refractivity contribution in [2.45, 2.75) is 32.8 Å². The highest BCUT2D eigenvalue weighted by Gasteiger charge is 2.13. The van der Waals surface area contributed by atoms with Crippen LogP contribution in [0.1, 0.15) is 32.8 Å². The minimum atomic E-state index is -0.0863. The van der Waals surface area contributed by atoms with Crippen LogP contribution in [-0.4, -0.2) is 24.4 Å². The number of phenols is 1. The maximum Gasteiger partial charge on any atom is 0.161 e. The van der Waals surface area contributed by atoms with E-state index in [9.17, 15) is 5.11 Å². The molecule has 0 spiro atoms. The van der Waals surface area contributed by atoms with Gasteiger partial charge >= 0.3 is 0 Å². The van der Waals surface area contributed by atoms with Crippen LogP contribution in [0, 0.1) is 0 Å². The summed E-state index contributed by atoms with van der Waals surface area (Å²) in [5.74, 6) is 0.630. The third-order valence-corrected chi connectivity index (χ3v) is 2.94. The van der Waals surface area contributed by atoms with E-state index in [-0.39, 0.29) is 11.4 Å². The van der Waals surface area contributed by atoms with Crippen LogP contribution in [0.4, 0.5) is 0 Å². The van der Waals surface area contributed by atoms with E-state index in [2.05, 4.69) is 20.8 Å². The standard InChI is InChI=1S/C15H22O3/c1-5-15(2,3)18-10-6-7-12-8-9-13(16)14(11-12)17-4/h6-9,11,16H,5,10H2,1-4H3/b7-6+. The van der Waals surface area contributed by atoms with E-state index in [1.54, 1.807) is 12.1 Å². The molecule has 100 valence electrons. The van der Waals surface area contributed by atoms with Gasteiger partial charge in [-0.25, -0.2) is 0 Å². The van der Waals surface area contributed by atoms with Gasteiger partial charge in [0, 0.05) is 0 Å². The van der Waals surface area contributed by atoms with Gasteiger partial charge in [0.05, 0.1) is 19.3 Å². The van der Waals surface area contributed by atoms with Gasteiger partial charge in [0.2, 0.25) is 0 Å². The Labute approximate surface area is 109 Å². The predicted octanol–water partition coefficient (Wildman–Crippen LogP) is 3.62. The number of benzene rings is 1. The molecule has 1 aromatic rings. The highest BCUT2D eigenvalue weighted by Crippen LogP contribution is 2.26. The summed E-state index contributed by atoms with van der Waals surface area (Å²) in [5.41, 5.74) is 0.888. The molecule has 1 N–H and O–H groups in total. The van der Waals surface area contributed by atoms with E-state index >= 15 is 0 Å². The summed E-state index contributed by atoms with van der Waals surface area (Å²) in [4.78, 5) is 0. The molecule has 0 aliphatic carbocycles. The van der Waals surface area contributed by atoms with Crippen molar-refractivity contribution in [2.75, 3.05) is 13.7 Å². The fourth-order valence-electron chi connectivity index (χ4n) is 1.36. The normalized spacial score (nSPS) is 12.0. The molecule has 0 amide bonds. The SMILES string of the molecule is CCC(C)(C)OC/C=C/c1ccc(O)c(OC)c1. The molecule has 0 unspecified atom stereocenters. The van der Waals surface area contributed by atoms with Crippen LogP contribution in [0.25, 0.3) is 6.08 Å². The summed E-state index contributed by atoms with van der Waals surface area (Å²) >= 11 is 0. The molecule has 18 heavy (non-hydrogen) atoms. The van der Waals surface area contributed by atoms with Gasteiger partial charge in [0.15, 0.2) is 11.5 Å². The zero-order chi connectivity index (χ0) is 13.6. The topological polar surface area (TPSA) is 38.7 Å². The molecule has 0 aliphatic rings. The van der Waals surface area contributed by atoms with Gasteiger partial charge in [0.1, 0.15) is 0 Å². The van der Waals surface area contributed by atoms with E-state index < -0.39 is 0 Å². The van der Waals surface area contributed by atoms with E-state index in [4.69, 9.17) is 9.47 Å². The lowest BCUT2D eigenvalue weighted by Crippen LogP contribution is -2.22. The highest BCUT2D eigenvalue weighted by atomic mass is 16.5. The second kappa shape index (κ2) is 6.45. The molecule has 0 fully saturated rings. The molecule has 0 atom stereocenters. The molecule has 0 saturated carbocycles. The lowest BCUT2D eigenvalue weighted by molar-refractivity contribution is -0.00324. The molecular formula is C15H22O3. The van der Waals surface area contributed by atoms with Crippen molar-refractivity contribution in [2.24, 2.45) is 0 Å². The highest BCUT2D eigenvalue weighted by molar-refractivity contribution is 5.55. The molecule has 3 heteroatoms. The summed E-state index contributed by atoms with van der Waals surface area (Å²) in [6.07, 6.45) is 4.89. The van der Waals surface area contributed by atoms with E-state index in [0.717, 1.165) is 12.0 Å². The third-order valence-electron chi connectivity index (χ3n) is 2.94. The molecule has 1 rings (SSSR count). The second-order valence-electron chi connectivity index (χ2n) is 4.76. The van der Waals surface area contributed by atoms with Crippen LogP contribution in [0.5, 0.6) is 11.5 Å². The van der Waals surface area contributed by atoms with Gasteiger partial charge in [-0.15, -0.1) is 0 Å². The number of rotatable bonds is 6. The average molecular weight is 250 g/mol. The van der Waals surface area contributed by atoms with Crippen LogP contribution in [-0.2, 0) is 4.74 Å². The van der Waals surface area contributed by atoms with Gasteiger partial charge in [0.25, 0.3) is 0 Å². The molecule has 0 radical (unpaired) electrons.